The minimum Gasteiger partial charge on any atom is -0.379 e. The molecule has 1 heterocycles. The number of amides is 1. The van der Waals surface area contributed by atoms with Crippen molar-refractivity contribution in [1.82, 2.24) is 4.31 Å². The minimum absolute atomic E-state index is 0.123. The summed E-state index contributed by atoms with van der Waals surface area (Å²) < 4.78 is 33.3. The number of halogens is 1. The lowest BCUT2D eigenvalue weighted by atomic mass is 10.1. The molecule has 3 rings (SSSR count). The Labute approximate surface area is 166 Å². The highest BCUT2D eigenvalue weighted by atomic mass is 127. The van der Waals surface area contributed by atoms with Crippen molar-refractivity contribution in [2.45, 2.75) is 11.8 Å². The summed E-state index contributed by atoms with van der Waals surface area (Å²) in [4.78, 5) is 12.8. The summed E-state index contributed by atoms with van der Waals surface area (Å²) >= 11 is 2.19. The molecule has 1 fully saturated rings. The van der Waals surface area contributed by atoms with Crippen molar-refractivity contribution in [3.8, 4) is 0 Å². The fourth-order valence-corrected chi connectivity index (χ4v) is 4.47. The third-order valence-electron chi connectivity index (χ3n) is 4.16. The van der Waals surface area contributed by atoms with Gasteiger partial charge in [0, 0.05) is 27.9 Å². The Hall–Kier alpha value is -1.49. The molecule has 1 aliphatic heterocycles. The predicted molar refractivity (Wildman–Crippen MR) is 108 cm³/mol. The molecular weight excluding hydrogens is 467 g/mol. The summed E-state index contributed by atoms with van der Waals surface area (Å²) in [6.45, 7) is 3.19. The maximum Gasteiger partial charge on any atom is 0.255 e. The first-order chi connectivity index (χ1) is 12.4. The first kappa shape index (κ1) is 19.3. The lowest BCUT2D eigenvalue weighted by molar-refractivity contribution is 0.0730. The second-order valence-electron chi connectivity index (χ2n) is 5.95. The monoisotopic (exact) mass is 486 g/mol. The highest BCUT2D eigenvalue weighted by molar-refractivity contribution is 14.1. The Morgan fingerprint density at radius 3 is 2.42 bits per heavy atom. The number of carbonyl (C=O) groups is 1. The first-order valence-corrected chi connectivity index (χ1v) is 10.7. The van der Waals surface area contributed by atoms with Crippen molar-refractivity contribution in [2.24, 2.45) is 0 Å². The Balaban J connectivity index is 1.87. The highest BCUT2D eigenvalue weighted by Crippen LogP contribution is 2.22. The zero-order valence-electron chi connectivity index (χ0n) is 14.2. The Morgan fingerprint density at radius 2 is 1.77 bits per heavy atom. The molecule has 1 saturated heterocycles. The summed E-state index contributed by atoms with van der Waals surface area (Å²) in [5, 5.41) is 2.81. The maximum atomic E-state index is 12.8. The van der Waals surface area contributed by atoms with Gasteiger partial charge in [-0.3, -0.25) is 4.79 Å². The molecule has 2 aromatic carbocycles. The van der Waals surface area contributed by atoms with E-state index in [1.54, 1.807) is 19.1 Å². The normalized spacial score (nSPS) is 15.6. The van der Waals surface area contributed by atoms with Gasteiger partial charge in [0.1, 0.15) is 0 Å². The SMILES string of the molecule is Cc1ccc(S(=O)(=O)N2CCOCC2)cc1C(=O)Nc1ccc(I)cc1. The van der Waals surface area contributed by atoms with Gasteiger partial charge < -0.3 is 10.1 Å². The Kier molecular flexibility index (Phi) is 5.96. The molecule has 0 bridgehead atoms. The molecular formula is C18H19IN2O4S. The van der Waals surface area contributed by atoms with E-state index in [1.165, 1.54) is 10.4 Å². The molecule has 1 amide bonds. The van der Waals surface area contributed by atoms with E-state index in [0.717, 1.165) is 3.57 Å². The molecule has 0 aromatic heterocycles. The quantitative estimate of drug-likeness (QED) is 0.675. The van der Waals surface area contributed by atoms with Crippen molar-refractivity contribution >= 4 is 44.2 Å². The van der Waals surface area contributed by atoms with Gasteiger partial charge in [-0.2, -0.15) is 4.31 Å². The van der Waals surface area contributed by atoms with E-state index >= 15 is 0 Å². The van der Waals surface area contributed by atoms with Crippen LogP contribution in [0.25, 0.3) is 0 Å². The van der Waals surface area contributed by atoms with Gasteiger partial charge >= 0.3 is 0 Å². The van der Waals surface area contributed by atoms with Crippen molar-refractivity contribution in [3.05, 3.63) is 57.2 Å². The van der Waals surface area contributed by atoms with Gasteiger partial charge in [-0.15, -0.1) is 0 Å². The molecule has 0 radical (unpaired) electrons. The van der Waals surface area contributed by atoms with Crippen LogP contribution in [0.4, 0.5) is 5.69 Å². The van der Waals surface area contributed by atoms with Gasteiger partial charge in [-0.05, 0) is 71.5 Å². The van der Waals surface area contributed by atoms with Gasteiger partial charge in [0.05, 0.1) is 18.1 Å². The second-order valence-corrected chi connectivity index (χ2v) is 9.14. The number of morpholine rings is 1. The van der Waals surface area contributed by atoms with E-state index in [9.17, 15) is 13.2 Å². The number of benzene rings is 2. The number of anilines is 1. The highest BCUT2D eigenvalue weighted by Gasteiger charge is 2.27. The van der Waals surface area contributed by atoms with E-state index in [-0.39, 0.29) is 10.8 Å². The molecule has 0 saturated carbocycles. The van der Waals surface area contributed by atoms with Crippen LogP contribution in [0.1, 0.15) is 15.9 Å². The molecule has 1 N–H and O–H groups in total. The maximum absolute atomic E-state index is 12.8. The fourth-order valence-electron chi connectivity index (χ4n) is 2.67. The van der Waals surface area contributed by atoms with Crippen LogP contribution in [-0.4, -0.2) is 44.9 Å². The first-order valence-electron chi connectivity index (χ1n) is 8.13. The molecule has 0 spiro atoms. The molecule has 8 heteroatoms. The largest absolute Gasteiger partial charge is 0.379 e. The van der Waals surface area contributed by atoms with Crippen LogP contribution in [0.15, 0.2) is 47.4 Å². The van der Waals surface area contributed by atoms with Gasteiger partial charge in [0.2, 0.25) is 10.0 Å². The smallest absolute Gasteiger partial charge is 0.255 e. The van der Waals surface area contributed by atoms with Crippen LogP contribution in [-0.2, 0) is 14.8 Å². The average Bonchev–Trinajstić information content (AvgIpc) is 2.64. The third-order valence-corrected chi connectivity index (χ3v) is 6.78. The van der Waals surface area contributed by atoms with Crippen LogP contribution in [0.5, 0.6) is 0 Å². The number of nitrogens with zero attached hydrogens (tertiary/aromatic N) is 1. The van der Waals surface area contributed by atoms with Gasteiger partial charge in [0.25, 0.3) is 5.91 Å². The fraction of sp³-hybridized carbons (Fsp3) is 0.278. The van der Waals surface area contributed by atoms with Crippen molar-refractivity contribution < 1.29 is 17.9 Å². The van der Waals surface area contributed by atoms with E-state index < -0.39 is 10.0 Å². The molecule has 26 heavy (non-hydrogen) atoms. The number of aryl methyl sites for hydroxylation is 1. The van der Waals surface area contributed by atoms with Crippen LogP contribution < -0.4 is 5.32 Å². The van der Waals surface area contributed by atoms with Crippen LogP contribution in [0.2, 0.25) is 0 Å². The zero-order chi connectivity index (χ0) is 18.7. The van der Waals surface area contributed by atoms with Crippen LogP contribution in [0, 0.1) is 10.5 Å². The summed E-state index contributed by atoms with van der Waals surface area (Å²) in [5.74, 6) is -0.331. The molecule has 6 nitrogen and oxygen atoms in total. The van der Waals surface area contributed by atoms with E-state index in [4.69, 9.17) is 4.74 Å². The molecule has 0 atom stereocenters. The molecule has 1 aliphatic rings. The molecule has 0 unspecified atom stereocenters. The summed E-state index contributed by atoms with van der Waals surface area (Å²) in [6.07, 6.45) is 0. The second kappa shape index (κ2) is 8.03. The average molecular weight is 486 g/mol. The topological polar surface area (TPSA) is 75.7 Å². The predicted octanol–water partition coefficient (Wildman–Crippen LogP) is 2.87. The Bertz CT molecular complexity index is 907. The lowest BCUT2D eigenvalue weighted by Gasteiger charge is -2.26. The minimum atomic E-state index is -3.64. The third kappa shape index (κ3) is 4.25. The van der Waals surface area contributed by atoms with Gasteiger partial charge in [-0.1, -0.05) is 6.07 Å². The van der Waals surface area contributed by atoms with Crippen molar-refractivity contribution in [1.29, 1.82) is 0 Å². The van der Waals surface area contributed by atoms with Crippen LogP contribution >= 0.6 is 22.6 Å². The molecule has 2 aromatic rings. The number of rotatable bonds is 4. The zero-order valence-corrected chi connectivity index (χ0v) is 17.2. The van der Waals surface area contributed by atoms with Crippen LogP contribution in [0.3, 0.4) is 0 Å². The lowest BCUT2D eigenvalue weighted by Crippen LogP contribution is -2.40. The number of hydrogen-bond donors (Lipinski definition) is 1. The van der Waals surface area contributed by atoms with Crippen molar-refractivity contribution in [2.75, 3.05) is 31.6 Å². The summed E-state index contributed by atoms with van der Waals surface area (Å²) in [5.41, 5.74) is 1.73. The van der Waals surface area contributed by atoms with E-state index in [2.05, 4.69) is 27.9 Å². The summed E-state index contributed by atoms with van der Waals surface area (Å²) in [7, 11) is -3.64. The van der Waals surface area contributed by atoms with Crippen molar-refractivity contribution in [3.63, 3.8) is 0 Å². The number of carbonyl (C=O) groups excluding carboxylic acids is 1. The molecule has 0 aliphatic carbocycles. The Morgan fingerprint density at radius 1 is 1.12 bits per heavy atom. The van der Waals surface area contributed by atoms with Gasteiger partial charge in [0.15, 0.2) is 0 Å². The van der Waals surface area contributed by atoms with Gasteiger partial charge in [-0.25, -0.2) is 8.42 Å². The van der Waals surface area contributed by atoms with E-state index in [0.29, 0.717) is 43.1 Å². The number of nitrogens with one attached hydrogen (secondary N) is 1. The standard InChI is InChI=1S/C18H19IN2O4S/c1-13-2-7-16(26(23,24)21-8-10-25-11-9-21)12-17(13)18(22)20-15-5-3-14(19)4-6-15/h2-7,12H,8-11H2,1H3,(H,20,22). The number of hydrogen-bond acceptors (Lipinski definition) is 4. The molecule has 138 valence electrons. The summed E-state index contributed by atoms with van der Waals surface area (Å²) in [6, 6.07) is 12.1. The number of ether oxygens (including phenoxy) is 1. The van der Waals surface area contributed by atoms with E-state index in [1.807, 2.05) is 24.3 Å². The number of sulfonamides is 1.